The fourth-order valence-electron chi connectivity index (χ4n) is 5.73. The predicted octanol–water partition coefficient (Wildman–Crippen LogP) is 2.82. The number of aryl methyl sites for hydroxylation is 1. The lowest BCUT2D eigenvalue weighted by Gasteiger charge is -2.29. The average molecular weight is 462 g/mol. The molecule has 3 N–H and O–H groups in total. The Hall–Kier alpha value is -3.52. The average Bonchev–Trinajstić information content (AvgIpc) is 3.41. The summed E-state index contributed by atoms with van der Waals surface area (Å²) < 4.78 is 0. The summed E-state index contributed by atoms with van der Waals surface area (Å²) in [5.41, 5.74) is 1.41. The van der Waals surface area contributed by atoms with E-state index in [0.29, 0.717) is 16.9 Å². The number of anilines is 2. The van der Waals surface area contributed by atoms with Gasteiger partial charge in [-0.1, -0.05) is 43.7 Å². The topological polar surface area (TPSA) is 116 Å². The number of benzene rings is 2. The fourth-order valence-corrected chi connectivity index (χ4v) is 5.73. The number of carboxylic acid groups (broad SMARTS) is 1. The Morgan fingerprint density at radius 3 is 2.50 bits per heavy atom. The van der Waals surface area contributed by atoms with Gasteiger partial charge in [0.15, 0.2) is 0 Å². The molecule has 5 rings (SSSR count). The molecule has 3 aliphatic heterocycles. The Balaban J connectivity index is 1.55. The molecule has 0 bridgehead atoms. The molecule has 2 aromatic rings. The first-order valence-electron chi connectivity index (χ1n) is 11.8. The molecular formula is C26H27N3O5. The summed E-state index contributed by atoms with van der Waals surface area (Å²) in [4.78, 5) is 53.3. The number of unbranched alkanes of at least 4 members (excludes halogenated alkanes) is 1. The molecule has 0 aliphatic carbocycles. The van der Waals surface area contributed by atoms with E-state index in [2.05, 4.69) is 17.6 Å². The number of amides is 3. The molecule has 8 heteroatoms. The molecule has 3 amide bonds. The second kappa shape index (κ2) is 8.36. The van der Waals surface area contributed by atoms with Gasteiger partial charge in [-0.3, -0.25) is 24.5 Å². The third-order valence-corrected chi connectivity index (χ3v) is 7.31. The summed E-state index contributed by atoms with van der Waals surface area (Å²) in [7, 11) is 0. The van der Waals surface area contributed by atoms with E-state index in [4.69, 9.17) is 0 Å². The number of hydrogen-bond acceptors (Lipinski definition) is 5. The Morgan fingerprint density at radius 1 is 1.06 bits per heavy atom. The molecule has 2 saturated heterocycles. The van der Waals surface area contributed by atoms with Gasteiger partial charge in [0.05, 0.1) is 17.5 Å². The quantitative estimate of drug-likeness (QED) is 0.546. The number of carboxylic acids is 1. The standard InChI is InChI=1S/C26H27N3O5/c1-2-3-6-15-9-11-16(12-10-15)29-23(32)21-19(13-14-20(30)31)28-26(22(21)24(29)33)17-7-4-5-8-18(17)27-25(26)34/h4-5,7-12,19,21-22,28H,2-3,6,13-14H2,1H3,(H,27,34)(H,30,31). The van der Waals surface area contributed by atoms with Crippen molar-refractivity contribution in [2.24, 2.45) is 11.8 Å². The van der Waals surface area contributed by atoms with E-state index in [1.54, 1.807) is 36.4 Å². The van der Waals surface area contributed by atoms with Crippen LogP contribution in [0.2, 0.25) is 0 Å². The number of carbonyl (C=O) groups excluding carboxylic acids is 3. The van der Waals surface area contributed by atoms with Gasteiger partial charge >= 0.3 is 5.97 Å². The fraction of sp³-hybridized carbons (Fsp3) is 0.385. The van der Waals surface area contributed by atoms with E-state index in [-0.39, 0.29) is 18.7 Å². The molecule has 0 aromatic heterocycles. The van der Waals surface area contributed by atoms with Crippen molar-refractivity contribution in [3.05, 3.63) is 59.7 Å². The van der Waals surface area contributed by atoms with Crippen molar-refractivity contribution >= 4 is 35.1 Å². The van der Waals surface area contributed by atoms with Gasteiger partial charge in [-0.15, -0.1) is 0 Å². The zero-order valence-corrected chi connectivity index (χ0v) is 18.9. The molecule has 8 nitrogen and oxygen atoms in total. The normalized spacial score (nSPS) is 27.3. The monoisotopic (exact) mass is 461 g/mol. The Morgan fingerprint density at radius 2 is 1.79 bits per heavy atom. The molecular weight excluding hydrogens is 434 g/mol. The number of hydrogen-bond donors (Lipinski definition) is 3. The highest BCUT2D eigenvalue weighted by Gasteiger charge is 2.70. The molecule has 4 unspecified atom stereocenters. The Labute approximate surface area is 197 Å². The lowest BCUT2D eigenvalue weighted by atomic mass is 9.76. The van der Waals surface area contributed by atoms with Crippen LogP contribution in [-0.4, -0.2) is 34.8 Å². The van der Waals surface area contributed by atoms with E-state index < -0.39 is 41.2 Å². The first kappa shape index (κ1) is 22.3. The minimum absolute atomic E-state index is 0.135. The van der Waals surface area contributed by atoms with E-state index >= 15 is 0 Å². The van der Waals surface area contributed by atoms with E-state index in [9.17, 15) is 24.3 Å². The summed E-state index contributed by atoms with van der Waals surface area (Å²) in [5.74, 6) is -4.00. The number of para-hydroxylation sites is 1. The summed E-state index contributed by atoms with van der Waals surface area (Å²) in [6.07, 6.45) is 3.01. The highest BCUT2D eigenvalue weighted by molar-refractivity contribution is 6.25. The Bertz CT molecular complexity index is 1180. The summed E-state index contributed by atoms with van der Waals surface area (Å²) >= 11 is 0. The van der Waals surface area contributed by atoms with Crippen LogP contribution >= 0.6 is 0 Å². The zero-order chi connectivity index (χ0) is 24.0. The van der Waals surface area contributed by atoms with Crippen LogP contribution in [0.15, 0.2) is 48.5 Å². The van der Waals surface area contributed by atoms with Crippen molar-refractivity contribution in [2.45, 2.75) is 50.6 Å². The molecule has 4 atom stereocenters. The van der Waals surface area contributed by atoms with Gasteiger partial charge in [-0.05, 0) is 43.0 Å². The van der Waals surface area contributed by atoms with Gasteiger partial charge in [0.2, 0.25) is 17.7 Å². The maximum atomic E-state index is 13.8. The zero-order valence-electron chi connectivity index (χ0n) is 18.9. The van der Waals surface area contributed by atoms with Crippen LogP contribution in [0.25, 0.3) is 0 Å². The van der Waals surface area contributed by atoms with Gasteiger partial charge in [0, 0.05) is 23.7 Å². The third kappa shape index (κ3) is 3.24. The minimum Gasteiger partial charge on any atom is -0.481 e. The van der Waals surface area contributed by atoms with Crippen molar-refractivity contribution < 1.29 is 24.3 Å². The number of fused-ring (bicyclic) bond motifs is 4. The number of aliphatic carboxylic acids is 1. The van der Waals surface area contributed by atoms with Crippen LogP contribution in [-0.2, 0) is 31.1 Å². The molecule has 0 radical (unpaired) electrons. The second-order valence-corrected chi connectivity index (χ2v) is 9.28. The summed E-state index contributed by atoms with van der Waals surface area (Å²) in [6, 6.07) is 13.9. The molecule has 3 aliphatic rings. The first-order chi connectivity index (χ1) is 16.4. The van der Waals surface area contributed by atoms with Gasteiger partial charge in [0.1, 0.15) is 5.54 Å². The van der Waals surface area contributed by atoms with Crippen molar-refractivity contribution in [3.63, 3.8) is 0 Å². The number of rotatable bonds is 7. The summed E-state index contributed by atoms with van der Waals surface area (Å²) in [6.45, 7) is 2.12. The summed E-state index contributed by atoms with van der Waals surface area (Å²) in [5, 5.41) is 15.3. The lowest BCUT2D eigenvalue weighted by Crippen LogP contribution is -2.53. The van der Waals surface area contributed by atoms with Crippen molar-refractivity contribution in [2.75, 3.05) is 10.2 Å². The predicted molar refractivity (Wildman–Crippen MR) is 125 cm³/mol. The maximum absolute atomic E-state index is 13.8. The Kier molecular flexibility index (Phi) is 5.48. The van der Waals surface area contributed by atoms with Crippen LogP contribution in [0, 0.1) is 11.8 Å². The van der Waals surface area contributed by atoms with Crippen LogP contribution < -0.4 is 15.5 Å². The molecule has 2 fully saturated rings. The first-order valence-corrected chi connectivity index (χ1v) is 11.8. The van der Waals surface area contributed by atoms with Crippen molar-refractivity contribution in [1.29, 1.82) is 0 Å². The van der Waals surface area contributed by atoms with Crippen LogP contribution in [0.3, 0.4) is 0 Å². The van der Waals surface area contributed by atoms with Crippen molar-refractivity contribution in [1.82, 2.24) is 5.32 Å². The van der Waals surface area contributed by atoms with E-state index in [0.717, 1.165) is 24.8 Å². The molecule has 176 valence electrons. The lowest BCUT2D eigenvalue weighted by molar-refractivity contribution is -0.137. The second-order valence-electron chi connectivity index (χ2n) is 9.28. The largest absolute Gasteiger partial charge is 0.481 e. The number of carbonyl (C=O) groups is 4. The highest BCUT2D eigenvalue weighted by Crippen LogP contribution is 2.54. The van der Waals surface area contributed by atoms with Crippen LogP contribution in [0.5, 0.6) is 0 Å². The number of imide groups is 1. The molecule has 2 aromatic carbocycles. The van der Waals surface area contributed by atoms with Gasteiger partial charge < -0.3 is 10.4 Å². The number of nitrogens with one attached hydrogen (secondary N) is 2. The van der Waals surface area contributed by atoms with Crippen LogP contribution in [0.1, 0.15) is 43.7 Å². The smallest absolute Gasteiger partial charge is 0.303 e. The van der Waals surface area contributed by atoms with Gasteiger partial charge in [-0.25, -0.2) is 4.90 Å². The minimum atomic E-state index is -1.41. The maximum Gasteiger partial charge on any atom is 0.303 e. The third-order valence-electron chi connectivity index (χ3n) is 7.31. The SMILES string of the molecule is CCCCc1ccc(N2C(=O)C3C(CCC(=O)O)NC4(C(=O)Nc5ccccc54)C3C2=O)cc1. The van der Waals surface area contributed by atoms with Crippen LogP contribution in [0.4, 0.5) is 11.4 Å². The molecule has 3 heterocycles. The molecule has 0 saturated carbocycles. The van der Waals surface area contributed by atoms with Gasteiger partial charge in [0.25, 0.3) is 0 Å². The van der Waals surface area contributed by atoms with Gasteiger partial charge in [-0.2, -0.15) is 0 Å². The van der Waals surface area contributed by atoms with E-state index in [1.807, 2.05) is 12.1 Å². The number of nitrogens with zero attached hydrogens (tertiary/aromatic N) is 1. The highest BCUT2D eigenvalue weighted by atomic mass is 16.4. The molecule has 1 spiro atoms. The van der Waals surface area contributed by atoms with E-state index in [1.165, 1.54) is 4.90 Å². The van der Waals surface area contributed by atoms with Crippen molar-refractivity contribution in [3.8, 4) is 0 Å². The molecule has 34 heavy (non-hydrogen) atoms.